The summed E-state index contributed by atoms with van der Waals surface area (Å²) in [5.74, 6) is 1.51. The van der Waals surface area contributed by atoms with Crippen molar-refractivity contribution in [1.82, 2.24) is 0 Å². The molecule has 4 nitrogen and oxygen atoms in total. The van der Waals surface area contributed by atoms with E-state index in [0.29, 0.717) is 35.6 Å². The highest BCUT2D eigenvalue weighted by atomic mass is 16.5. The summed E-state index contributed by atoms with van der Waals surface area (Å²) in [5.41, 5.74) is 2.06. The number of hydrogen-bond donors (Lipinski definition) is 0. The van der Waals surface area contributed by atoms with Crippen LogP contribution in [-0.4, -0.2) is 12.6 Å². The summed E-state index contributed by atoms with van der Waals surface area (Å²) in [6.45, 7) is 0.514. The van der Waals surface area contributed by atoms with Crippen molar-refractivity contribution in [3.05, 3.63) is 72.3 Å². The second kappa shape index (κ2) is 7.01. The Hall–Kier alpha value is -2.75. The van der Waals surface area contributed by atoms with Crippen molar-refractivity contribution in [3.8, 4) is 0 Å². The molecule has 25 heavy (non-hydrogen) atoms. The number of esters is 1. The van der Waals surface area contributed by atoms with Gasteiger partial charge in [-0.15, -0.1) is 0 Å². The monoisotopic (exact) mass is 332 g/mol. The Balaban J connectivity index is 1.32. The summed E-state index contributed by atoms with van der Waals surface area (Å²) in [7, 11) is 0. The predicted octanol–water partition coefficient (Wildman–Crippen LogP) is 5.47. The van der Waals surface area contributed by atoms with Gasteiger partial charge in [-0.05, 0) is 67.0 Å². The average molecular weight is 332 g/mol. The molecule has 3 unspecified atom stereocenters. The summed E-state index contributed by atoms with van der Waals surface area (Å²) >= 11 is 0. The Morgan fingerprint density at radius 1 is 0.920 bits per heavy atom. The number of ether oxygens (including phenoxy) is 1. The maximum Gasteiger partial charge on any atom is 0.338 e. The van der Waals surface area contributed by atoms with Crippen LogP contribution in [0.4, 0.5) is 11.4 Å². The minimum atomic E-state index is -0.265. The molecule has 0 heterocycles. The van der Waals surface area contributed by atoms with Gasteiger partial charge in [0.1, 0.15) is 0 Å². The van der Waals surface area contributed by atoms with E-state index in [1.165, 1.54) is 6.42 Å². The van der Waals surface area contributed by atoms with Gasteiger partial charge in [0, 0.05) is 0 Å². The van der Waals surface area contributed by atoms with Crippen molar-refractivity contribution in [2.75, 3.05) is 6.61 Å². The molecule has 2 aromatic rings. The SMILES string of the molecule is O=C(OCC1CC2C=CC1C2)c1ccc(/N=N/c2ccccc2)cc1. The van der Waals surface area contributed by atoms with Gasteiger partial charge in [-0.3, -0.25) is 0 Å². The minimum absolute atomic E-state index is 0.265. The molecule has 2 bridgehead atoms. The minimum Gasteiger partial charge on any atom is -0.462 e. The lowest BCUT2D eigenvalue weighted by Gasteiger charge is -2.17. The number of rotatable bonds is 5. The first-order valence-corrected chi connectivity index (χ1v) is 8.70. The molecular formula is C21H20N2O2. The van der Waals surface area contributed by atoms with Crippen molar-refractivity contribution < 1.29 is 9.53 Å². The summed E-state index contributed by atoms with van der Waals surface area (Å²) in [6, 6.07) is 16.6. The Morgan fingerprint density at radius 3 is 2.28 bits per heavy atom. The van der Waals surface area contributed by atoms with Gasteiger partial charge in [0.15, 0.2) is 0 Å². The lowest BCUT2D eigenvalue weighted by molar-refractivity contribution is 0.0421. The van der Waals surface area contributed by atoms with Crippen molar-refractivity contribution in [2.24, 2.45) is 28.0 Å². The Bertz CT molecular complexity index is 796. The number of benzene rings is 2. The molecule has 3 atom stereocenters. The first kappa shape index (κ1) is 15.8. The predicted molar refractivity (Wildman–Crippen MR) is 96.2 cm³/mol. The van der Waals surface area contributed by atoms with Crippen LogP contribution in [-0.2, 0) is 4.74 Å². The molecule has 1 saturated carbocycles. The van der Waals surface area contributed by atoms with Crippen LogP contribution >= 0.6 is 0 Å². The largest absolute Gasteiger partial charge is 0.462 e. The molecule has 0 aliphatic heterocycles. The molecule has 0 saturated heterocycles. The maximum atomic E-state index is 12.2. The number of nitrogens with zero attached hydrogens (tertiary/aromatic N) is 2. The van der Waals surface area contributed by atoms with E-state index in [2.05, 4.69) is 22.4 Å². The van der Waals surface area contributed by atoms with Crippen molar-refractivity contribution >= 4 is 17.3 Å². The normalized spacial score (nSPS) is 24.1. The van der Waals surface area contributed by atoms with Gasteiger partial charge in [-0.25, -0.2) is 4.79 Å². The van der Waals surface area contributed by atoms with Gasteiger partial charge in [0.05, 0.1) is 23.5 Å². The van der Waals surface area contributed by atoms with Crippen LogP contribution < -0.4 is 0 Å². The number of azo groups is 1. The van der Waals surface area contributed by atoms with E-state index in [4.69, 9.17) is 4.74 Å². The molecule has 0 N–H and O–H groups in total. The third-order valence-corrected chi connectivity index (χ3v) is 4.99. The fourth-order valence-corrected chi connectivity index (χ4v) is 3.63. The van der Waals surface area contributed by atoms with Crippen molar-refractivity contribution in [2.45, 2.75) is 12.8 Å². The van der Waals surface area contributed by atoms with Crippen LogP contribution in [0.5, 0.6) is 0 Å². The second-order valence-corrected chi connectivity index (χ2v) is 6.72. The van der Waals surface area contributed by atoms with E-state index in [-0.39, 0.29) is 5.97 Å². The van der Waals surface area contributed by atoms with Gasteiger partial charge >= 0.3 is 5.97 Å². The zero-order chi connectivity index (χ0) is 17.1. The second-order valence-electron chi connectivity index (χ2n) is 6.72. The van der Waals surface area contributed by atoms with Crippen LogP contribution in [0.2, 0.25) is 0 Å². The molecule has 0 radical (unpaired) electrons. The van der Waals surface area contributed by atoms with Crippen molar-refractivity contribution in [1.29, 1.82) is 0 Å². The first-order chi connectivity index (χ1) is 12.3. The van der Waals surface area contributed by atoms with E-state index in [0.717, 1.165) is 12.1 Å². The standard InChI is InChI=1S/C21H20N2O2/c24-21(25-14-18-13-15-6-7-17(18)12-15)16-8-10-20(11-9-16)23-22-19-4-2-1-3-5-19/h1-11,15,17-18H,12-14H2/b23-22+. The van der Waals surface area contributed by atoms with E-state index >= 15 is 0 Å². The maximum absolute atomic E-state index is 12.2. The van der Waals surface area contributed by atoms with Gasteiger partial charge in [0.25, 0.3) is 0 Å². The van der Waals surface area contributed by atoms with Crippen molar-refractivity contribution in [3.63, 3.8) is 0 Å². The average Bonchev–Trinajstić information content (AvgIpc) is 3.29. The number of carbonyl (C=O) groups excluding carboxylic acids is 1. The number of hydrogen-bond acceptors (Lipinski definition) is 4. The number of carbonyl (C=O) groups is 1. The molecule has 2 aliphatic rings. The molecule has 2 aromatic carbocycles. The van der Waals surface area contributed by atoms with E-state index < -0.39 is 0 Å². The number of allylic oxidation sites excluding steroid dienone is 2. The summed E-state index contributed by atoms with van der Waals surface area (Å²) < 4.78 is 5.51. The van der Waals surface area contributed by atoms with Gasteiger partial charge in [-0.2, -0.15) is 10.2 Å². The molecule has 0 amide bonds. The topological polar surface area (TPSA) is 51.0 Å². The summed E-state index contributed by atoms with van der Waals surface area (Å²) in [6.07, 6.45) is 6.95. The fraction of sp³-hybridized carbons (Fsp3) is 0.286. The quantitative estimate of drug-likeness (QED) is 0.414. The van der Waals surface area contributed by atoms with Crippen LogP contribution in [0, 0.1) is 17.8 Å². The van der Waals surface area contributed by atoms with Crippen LogP contribution in [0.1, 0.15) is 23.2 Å². The highest BCUT2D eigenvalue weighted by Gasteiger charge is 2.36. The molecule has 126 valence electrons. The van der Waals surface area contributed by atoms with E-state index in [1.54, 1.807) is 24.3 Å². The van der Waals surface area contributed by atoms with Gasteiger partial charge in [-0.1, -0.05) is 30.4 Å². The smallest absolute Gasteiger partial charge is 0.338 e. The third-order valence-electron chi connectivity index (χ3n) is 4.99. The van der Waals surface area contributed by atoms with Crippen LogP contribution in [0.15, 0.2) is 77.0 Å². The molecule has 1 fully saturated rings. The Labute approximate surface area is 147 Å². The summed E-state index contributed by atoms with van der Waals surface area (Å²) in [5, 5.41) is 8.34. The molecule has 4 rings (SSSR count). The van der Waals surface area contributed by atoms with E-state index in [9.17, 15) is 4.79 Å². The molecule has 0 spiro atoms. The highest BCUT2D eigenvalue weighted by molar-refractivity contribution is 5.89. The zero-order valence-electron chi connectivity index (χ0n) is 13.9. The third kappa shape index (κ3) is 3.68. The lowest BCUT2D eigenvalue weighted by atomic mass is 9.95. The first-order valence-electron chi connectivity index (χ1n) is 8.70. The zero-order valence-corrected chi connectivity index (χ0v) is 13.9. The molecule has 2 aliphatic carbocycles. The summed E-state index contributed by atoms with van der Waals surface area (Å²) in [4.78, 5) is 12.2. The van der Waals surface area contributed by atoms with E-state index in [1.807, 2.05) is 30.3 Å². The van der Waals surface area contributed by atoms with Crippen LogP contribution in [0.3, 0.4) is 0 Å². The molecule has 0 aromatic heterocycles. The fourth-order valence-electron chi connectivity index (χ4n) is 3.63. The number of fused-ring (bicyclic) bond motifs is 2. The molecular weight excluding hydrogens is 312 g/mol. The highest BCUT2D eigenvalue weighted by Crippen LogP contribution is 2.43. The Kier molecular flexibility index (Phi) is 4.42. The lowest BCUT2D eigenvalue weighted by Crippen LogP contribution is -2.17. The van der Waals surface area contributed by atoms with Crippen LogP contribution in [0.25, 0.3) is 0 Å². The van der Waals surface area contributed by atoms with Gasteiger partial charge < -0.3 is 4.74 Å². The Morgan fingerprint density at radius 2 is 1.64 bits per heavy atom. The van der Waals surface area contributed by atoms with Gasteiger partial charge in [0.2, 0.25) is 0 Å². The molecule has 4 heteroatoms.